The van der Waals surface area contributed by atoms with Crippen molar-refractivity contribution in [3.05, 3.63) is 24.4 Å². The first-order valence-electron chi connectivity index (χ1n) is 10.4. The molecule has 0 atom stereocenters. The fourth-order valence-corrected chi connectivity index (χ4v) is 4.02. The predicted molar refractivity (Wildman–Crippen MR) is 103 cm³/mol. The maximum Gasteiger partial charge on any atom is 0.240 e. The third-order valence-corrected chi connectivity index (χ3v) is 5.69. The maximum absolute atomic E-state index is 12.6. The molecule has 4 rings (SSSR count). The van der Waals surface area contributed by atoms with Gasteiger partial charge in [-0.05, 0) is 18.9 Å². The highest BCUT2D eigenvalue weighted by molar-refractivity contribution is 5.80. The van der Waals surface area contributed by atoms with E-state index in [9.17, 15) is 9.59 Å². The van der Waals surface area contributed by atoms with E-state index in [4.69, 9.17) is 4.52 Å². The Morgan fingerprint density at radius 1 is 0.966 bits per heavy atom. The smallest absolute Gasteiger partial charge is 0.240 e. The molecule has 0 aromatic carbocycles. The van der Waals surface area contributed by atoms with Crippen molar-refractivity contribution < 1.29 is 14.1 Å². The Morgan fingerprint density at radius 2 is 1.66 bits per heavy atom. The van der Waals surface area contributed by atoms with Crippen molar-refractivity contribution in [2.75, 3.05) is 26.2 Å². The summed E-state index contributed by atoms with van der Waals surface area (Å²) >= 11 is 0. The molecule has 2 aliphatic rings. The van der Waals surface area contributed by atoms with Crippen LogP contribution in [-0.2, 0) is 16.0 Å². The minimum absolute atomic E-state index is 0.0467. The Labute approximate surface area is 169 Å². The van der Waals surface area contributed by atoms with Crippen molar-refractivity contribution in [1.29, 1.82) is 0 Å². The summed E-state index contributed by atoms with van der Waals surface area (Å²) in [5, 5.41) is 3.87. The monoisotopic (exact) mass is 398 g/mol. The summed E-state index contributed by atoms with van der Waals surface area (Å²) in [6.45, 7) is 2.42. The van der Waals surface area contributed by atoms with Gasteiger partial charge in [0.1, 0.15) is 0 Å². The molecule has 2 aromatic heterocycles. The number of nitrogens with zero attached hydrogens (tertiary/aromatic N) is 6. The molecule has 3 heterocycles. The van der Waals surface area contributed by atoms with Crippen LogP contribution in [0.1, 0.15) is 44.4 Å². The van der Waals surface area contributed by atoms with Crippen molar-refractivity contribution in [3.63, 3.8) is 0 Å². The van der Waals surface area contributed by atoms with E-state index in [1.165, 1.54) is 6.42 Å². The fourth-order valence-electron chi connectivity index (χ4n) is 4.02. The number of aryl methyl sites for hydroxylation is 1. The maximum atomic E-state index is 12.6. The van der Waals surface area contributed by atoms with Gasteiger partial charge in [0, 0.05) is 57.3 Å². The van der Waals surface area contributed by atoms with Crippen LogP contribution in [0.3, 0.4) is 0 Å². The van der Waals surface area contributed by atoms with E-state index >= 15 is 0 Å². The number of hydrogen-bond acceptors (Lipinski definition) is 7. The number of hydrogen-bond donors (Lipinski definition) is 0. The molecule has 9 heteroatoms. The molecule has 9 nitrogen and oxygen atoms in total. The molecule has 1 aliphatic heterocycles. The summed E-state index contributed by atoms with van der Waals surface area (Å²) in [6.07, 6.45) is 9.47. The molecule has 29 heavy (non-hydrogen) atoms. The van der Waals surface area contributed by atoms with Crippen molar-refractivity contribution >= 4 is 11.8 Å². The van der Waals surface area contributed by atoms with Gasteiger partial charge in [-0.25, -0.2) is 9.97 Å². The molecule has 154 valence electrons. The van der Waals surface area contributed by atoms with Gasteiger partial charge in [0.25, 0.3) is 0 Å². The van der Waals surface area contributed by atoms with Crippen LogP contribution in [-0.4, -0.2) is 67.9 Å². The lowest BCUT2D eigenvalue weighted by Crippen LogP contribution is -2.52. The topological polar surface area (TPSA) is 105 Å². The van der Waals surface area contributed by atoms with E-state index in [-0.39, 0.29) is 17.7 Å². The van der Waals surface area contributed by atoms with Crippen LogP contribution in [0.5, 0.6) is 0 Å². The zero-order chi connectivity index (χ0) is 20.1. The van der Waals surface area contributed by atoms with Crippen molar-refractivity contribution in [3.8, 4) is 11.6 Å². The Morgan fingerprint density at radius 3 is 2.38 bits per heavy atom. The second kappa shape index (κ2) is 9.11. The minimum Gasteiger partial charge on any atom is -0.339 e. The summed E-state index contributed by atoms with van der Waals surface area (Å²) in [6, 6.07) is 1.71. The first-order chi connectivity index (χ1) is 14.2. The van der Waals surface area contributed by atoms with Gasteiger partial charge >= 0.3 is 0 Å². The van der Waals surface area contributed by atoms with Gasteiger partial charge < -0.3 is 14.3 Å². The third kappa shape index (κ3) is 4.78. The highest BCUT2D eigenvalue weighted by Gasteiger charge is 2.29. The molecule has 0 radical (unpaired) electrons. The number of piperazine rings is 1. The molecule has 2 fully saturated rings. The predicted octanol–water partition coefficient (Wildman–Crippen LogP) is 1.71. The van der Waals surface area contributed by atoms with Crippen molar-refractivity contribution in [2.45, 2.75) is 44.9 Å². The second-order valence-electron chi connectivity index (χ2n) is 7.63. The minimum atomic E-state index is 0.0467. The van der Waals surface area contributed by atoms with Crippen LogP contribution in [0.15, 0.2) is 23.0 Å². The summed E-state index contributed by atoms with van der Waals surface area (Å²) < 4.78 is 5.21. The molecule has 0 unspecified atom stereocenters. The van der Waals surface area contributed by atoms with Gasteiger partial charge in [-0.15, -0.1) is 0 Å². The highest BCUT2D eigenvalue weighted by atomic mass is 16.5. The Kier molecular flexibility index (Phi) is 6.12. The summed E-state index contributed by atoms with van der Waals surface area (Å²) in [7, 11) is 0. The SMILES string of the molecule is O=C(CCc1nc(-c2ncccn2)no1)N1CCN(C(=O)C2CCCCC2)CC1. The number of carbonyl (C=O) groups excluding carboxylic acids is 2. The van der Waals surface area contributed by atoms with Crippen LogP contribution in [0.25, 0.3) is 11.6 Å². The number of carbonyl (C=O) groups is 2. The molecule has 2 amide bonds. The molecule has 0 spiro atoms. The molecule has 0 bridgehead atoms. The molecular formula is C20H26N6O3. The highest BCUT2D eigenvalue weighted by Crippen LogP contribution is 2.26. The average molecular weight is 398 g/mol. The zero-order valence-corrected chi connectivity index (χ0v) is 16.5. The van der Waals surface area contributed by atoms with Crippen LogP contribution < -0.4 is 0 Å². The number of amides is 2. The first-order valence-corrected chi connectivity index (χ1v) is 10.4. The lowest BCUT2D eigenvalue weighted by Gasteiger charge is -2.37. The first kappa shape index (κ1) is 19.5. The van der Waals surface area contributed by atoms with E-state index in [2.05, 4.69) is 20.1 Å². The summed E-state index contributed by atoms with van der Waals surface area (Å²) in [5.41, 5.74) is 0. The third-order valence-electron chi connectivity index (χ3n) is 5.69. The zero-order valence-electron chi connectivity index (χ0n) is 16.5. The van der Waals surface area contributed by atoms with E-state index in [0.29, 0.717) is 56.6 Å². The van der Waals surface area contributed by atoms with Gasteiger partial charge in [0.15, 0.2) is 0 Å². The lowest BCUT2D eigenvalue weighted by atomic mass is 9.88. The fraction of sp³-hybridized carbons (Fsp3) is 0.600. The molecular weight excluding hydrogens is 372 g/mol. The normalized spacial score (nSPS) is 18.1. The van der Waals surface area contributed by atoms with Crippen LogP contribution >= 0.6 is 0 Å². The summed E-state index contributed by atoms with van der Waals surface area (Å²) in [5.74, 6) is 1.62. The van der Waals surface area contributed by atoms with Gasteiger partial charge in [-0.1, -0.05) is 24.4 Å². The Hall–Kier alpha value is -2.84. The standard InChI is InChI=1S/C20H26N6O3/c27-17(8-7-16-23-19(24-29-16)18-21-9-4-10-22-18)25-11-13-26(14-12-25)20(28)15-5-2-1-3-6-15/h4,9-10,15H,1-3,5-8,11-14H2. The molecule has 1 saturated carbocycles. The quantitative estimate of drug-likeness (QED) is 0.755. The van der Waals surface area contributed by atoms with Gasteiger partial charge in [-0.2, -0.15) is 4.98 Å². The molecule has 1 saturated heterocycles. The Bertz CT molecular complexity index is 826. The lowest BCUT2D eigenvalue weighted by molar-refractivity contribution is -0.142. The van der Waals surface area contributed by atoms with E-state index in [0.717, 1.165) is 25.7 Å². The molecule has 1 aliphatic carbocycles. The molecule has 0 N–H and O–H groups in total. The van der Waals surface area contributed by atoms with Crippen molar-refractivity contribution in [2.24, 2.45) is 5.92 Å². The van der Waals surface area contributed by atoms with E-state index in [1.54, 1.807) is 18.5 Å². The summed E-state index contributed by atoms with van der Waals surface area (Å²) in [4.78, 5) is 41.4. The number of aromatic nitrogens is 4. The second-order valence-corrected chi connectivity index (χ2v) is 7.63. The average Bonchev–Trinajstić information content (AvgIpc) is 3.27. The van der Waals surface area contributed by atoms with Gasteiger partial charge in [-0.3, -0.25) is 9.59 Å². The van der Waals surface area contributed by atoms with Crippen molar-refractivity contribution in [1.82, 2.24) is 29.9 Å². The van der Waals surface area contributed by atoms with Crippen LogP contribution in [0.2, 0.25) is 0 Å². The van der Waals surface area contributed by atoms with Gasteiger partial charge in [0.2, 0.25) is 29.4 Å². The molecule has 2 aromatic rings. The largest absolute Gasteiger partial charge is 0.339 e. The van der Waals surface area contributed by atoms with Crippen LogP contribution in [0, 0.1) is 5.92 Å². The van der Waals surface area contributed by atoms with E-state index in [1.807, 2.05) is 9.80 Å². The van der Waals surface area contributed by atoms with Gasteiger partial charge in [0.05, 0.1) is 0 Å². The van der Waals surface area contributed by atoms with Crippen LogP contribution in [0.4, 0.5) is 0 Å². The number of rotatable bonds is 5. The Balaban J connectivity index is 1.23. The van der Waals surface area contributed by atoms with E-state index < -0.39 is 0 Å².